The van der Waals surface area contributed by atoms with E-state index in [0.29, 0.717) is 40.9 Å². The number of hydrogen-bond acceptors (Lipinski definition) is 5. The third-order valence-electron chi connectivity index (χ3n) is 5.05. The van der Waals surface area contributed by atoms with Crippen LogP contribution in [-0.4, -0.2) is 23.0 Å². The predicted molar refractivity (Wildman–Crippen MR) is 137 cm³/mol. The van der Waals surface area contributed by atoms with E-state index in [1.54, 1.807) is 12.1 Å². The van der Waals surface area contributed by atoms with Gasteiger partial charge in [-0.2, -0.15) is 0 Å². The molecular weight excluding hydrogens is 424 g/mol. The topological polar surface area (TPSA) is 60.4 Å². The van der Waals surface area contributed by atoms with Crippen LogP contribution in [0, 0.1) is 12.3 Å². The molecule has 0 aliphatic rings. The quantitative estimate of drug-likeness (QED) is 0.305. The van der Waals surface area contributed by atoms with E-state index < -0.39 is 0 Å². The van der Waals surface area contributed by atoms with Crippen LogP contribution in [0.1, 0.15) is 67.7 Å². The highest BCUT2D eigenvalue weighted by molar-refractivity contribution is 6.12. The molecule has 0 bridgehead atoms. The van der Waals surface area contributed by atoms with Crippen molar-refractivity contribution in [1.29, 1.82) is 0 Å². The van der Waals surface area contributed by atoms with Crippen LogP contribution >= 0.6 is 0 Å². The van der Waals surface area contributed by atoms with Gasteiger partial charge in [-0.05, 0) is 56.5 Å². The van der Waals surface area contributed by atoms with Gasteiger partial charge in [0, 0.05) is 22.9 Å². The molecule has 2 aromatic carbocycles. The van der Waals surface area contributed by atoms with E-state index in [1.165, 1.54) is 5.56 Å². The van der Waals surface area contributed by atoms with E-state index in [4.69, 9.17) is 15.9 Å². The number of anilines is 1. The summed E-state index contributed by atoms with van der Waals surface area (Å²) in [6, 6.07) is 18.7. The lowest BCUT2D eigenvalue weighted by molar-refractivity contribution is 0.103. The normalized spacial score (nSPS) is 11.1. The molecule has 0 radical (unpaired) electrons. The summed E-state index contributed by atoms with van der Waals surface area (Å²) in [5, 5.41) is 3.35. The molecule has 1 N–H and O–H groups in total. The van der Waals surface area contributed by atoms with Crippen molar-refractivity contribution in [1.82, 2.24) is 4.98 Å². The summed E-state index contributed by atoms with van der Waals surface area (Å²) in [7, 11) is 0. The Morgan fingerprint density at radius 1 is 1.09 bits per heavy atom. The fourth-order valence-electron chi connectivity index (χ4n) is 3.37. The number of nitrogens with one attached hydrogen (secondary N) is 1. The maximum absolute atomic E-state index is 13.4. The lowest BCUT2D eigenvalue weighted by Crippen LogP contribution is -2.23. The summed E-state index contributed by atoms with van der Waals surface area (Å²) >= 11 is 0. The smallest absolute Gasteiger partial charge is 0.214 e. The second-order valence-corrected chi connectivity index (χ2v) is 9.34. The fraction of sp³-hybridized carbons (Fsp3) is 0.310. The number of terminal acetylenes is 1. The van der Waals surface area contributed by atoms with Gasteiger partial charge in [-0.3, -0.25) is 4.79 Å². The van der Waals surface area contributed by atoms with Gasteiger partial charge in [-0.1, -0.05) is 50.1 Å². The molecule has 5 heteroatoms. The van der Waals surface area contributed by atoms with Crippen molar-refractivity contribution in [3.05, 3.63) is 83.0 Å². The minimum Gasteiger partial charge on any atom is -0.481 e. The molecule has 34 heavy (non-hydrogen) atoms. The van der Waals surface area contributed by atoms with E-state index in [-0.39, 0.29) is 18.0 Å². The number of ether oxygens (including phenoxy) is 2. The minimum absolute atomic E-state index is 0.0956. The van der Waals surface area contributed by atoms with Crippen molar-refractivity contribution in [3.63, 3.8) is 0 Å². The average molecular weight is 457 g/mol. The molecule has 0 unspecified atom stereocenters. The summed E-state index contributed by atoms with van der Waals surface area (Å²) in [4.78, 5) is 18.0. The highest BCUT2D eigenvalue weighted by Gasteiger charge is 2.17. The Balaban J connectivity index is 1.86. The van der Waals surface area contributed by atoms with Gasteiger partial charge in [0.05, 0.1) is 12.2 Å². The van der Waals surface area contributed by atoms with Crippen LogP contribution < -0.4 is 14.8 Å². The fourth-order valence-corrected chi connectivity index (χ4v) is 3.37. The van der Waals surface area contributed by atoms with Crippen LogP contribution in [0.5, 0.6) is 11.6 Å². The maximum Gasteiger partial charge on any atom is 0.214 e. The molecule has 5 nitrogen and oxygen atoms in total. The summed E-state index contributed by atoms with van der Waals surface area (Å²) in [5.41, 5.74) is 3.46. The molecule has 0 fully saturated rings. The number of carbonyl (C=O) groups excluding carboxylic acids is 1. The van der Waals surface area contributed by atoms with Gasteiger partial charge in [0.15, 0.2) is 5.78 Å². The number of hydrogen-bond donors (Lipinski definition) is 1. The molecule has 0 aliphatic heterocycles. The monoisotopic (exact) mass is 456 g/mol. The third kappa shape index (κ3) is 6.86. The average Bonchev–Trinajstić information content (AvgIpc) is 2.80. The standard InChI is InChI=1S/C29H32N2O3/c1-7-17-33-24-15-16-26(30-19-23-9-8-10-27(31-23)34-29(4,5)6)25(18-24)28(32)22-13-11-21(12-14-22)20(2)3/h1,8-16,18,20,30H,17,19H2,2-6H3. The first-order chi connectivity index (χ1) is 16.2. The highest BCUT2D eigenvalue weighted by Crippen LogP contribution is 2.27. The first-order valence-electron chi connectivity index (χ1n) is 11.4. The van der Waals surface area contributed by atoms with Crippen molar-refractivity contribution < 1.29 is 14.3 Å². The van der Waals surface area contributed by atoms with Gasteiger partial charge >= 0.3 is 0 Å². The molecule has 1 aromatic heterocycles. The van der Waals surface area contributed by atoms with Crippen LogP contribution in [0.3, 0.4) is 0 Å². The zero-order chi connectivity index (χ0) is 24.7. The molecule has 3 aromatic rings. The first-order valence-corrected chi connectivity index (χ1v) is 11.4. The Kier molecular flexibility index (Phi) is 7.96. The number of ketones is 1. The van der Waals surface area contributed by atoms with Crippen molar-refractivity contribution in [3.8, 4) is 24.0 Å². The van der Waals surface area contributed by atoms with Gasteiger partial charge in [0.1, 0.15) is 18.0 Å². The van der Waals surface area contributed by atoms with Crippen molar-refractivity contribution in [2.45, 2.75) is 52.7 Å². The Labute approximate surface area is 202 Å². The zero-order valence-corrected chi connectivity index (χ0v) is 20.5. The summed E-state index contributed by atoms with van der Waals surface area (Å²) < 4.78 is 11.4. The zero-order valence-electron chi connectivity index (χ0n) is 20.5. The maximum atomic E-state index is 13.4. The molecule has 0 amide bonds. The minimum atomic E-state index is -0.335. The SMILES string of the molecule is C#CCOc1ccc(NCc2cccc(OC(C)(C)C)n2)c(C(=O)c2ccc(C(C)C)cc2)c1. The van der Waals surface area contributed by atoms with E-state index in [9.17, 15) is 4.79 Å². The summed E-state index contributed by atoms with van der Waals surface area (Å²) in [6.45, 7) is 10.8. The van der Waals surface area contributed by atoms with Gasteiger partial charge in [0.25, 0.3) is 0 Å². The van der Waals surface area contributed by atoms with Gasteiger partial charge in [0.2, 0.25) is 5.88 Å². The second kappa shape index (κ2) is 10.9. The van der Waals surface area contributed by atoms with E-state index in [2.05, 4.69) is 30.1 Å². The Hall–Kier alpha value is -3.78. The second-order valence-electron chi connectivity index (χ2n) is 9.34. The van der Waals surface area contributed by atoms with E-state index >= 15 is 0 Å². The van der Waals surface area contributed by atoms with Crippen molar-refractivity contribution >= 4 is 11.5 Å². The lowest BCUT2D eigenvalue weighted by atomic mass is 9.97. The van der Waals surface area contributed by atoms with Crippen LogP contribution in [0.2, 0.25) is 0 Å². The molecule has 0 saturated carbocycles. The highest BCUT2D eigenvalue weighted by atomic mass is 16.5. The van der Waals surface area contributed by atoms with Crippen LogP contribution in [0.15, 0.2) is 60.7 Å². The van der Waals surface area contributed by atoms with Crippen molar-refractivity contribution in [2.75, 3.05) is 11.9 Å². The number of nitrogens with zero attached hydrogens (tertiary/aromatic N) is 1. The van der Waals surface area contributed by atoms with Gasteiger partial charge in [-0.15, -0.1) is 6.42 Å². The number of carbonyl (C=O) groups is 1. The number of aromatic nitrogens is 1. The summed E-state index contributed by atoms with van der Waals surface area (Å²) in [6.07, 6.45) is 5.32. The number of benzene rings is 2. The van der Waals surface area contributed by atoms with Gasteiger partial charge in [-0.25, -0.2) is 4.98 Å². The summed E-state index contributed by atoms with van der Waals surface area (Å²) in [5.74, 6) is 3.86. The van der Waals surface area contributed by atoms with E-state index in [0.717, 1.165) is 5.69 Å². The van der Waals surface area contributed by atoms with Crippen LogP contribution in [-0.2, 0) is 6.54 Å². The Bertz CT molecular complexity index is 1170. The largest absolute Gasteiger partial charge is 0.481 e. The van der Waals surface area contributed by atoms with Crippen LogP contribution in [0.4, 0.5) is 5.69 Å². The third-order valence-corrected chi connectivity index (χ3v) is 5.05. The first kappa shape index (κ1) is 24.9. The Morgan fingerprint density at radius 3 is 2.47 bits per heavy atom. The van der Waals surface area contributed by atoms with Gasteiger partial charge < -0.3 is 14.8 Å². The lowest BCUT2D eigenvalue weighted by Gasteiger charge is -2.20. The molecule has 0 aliphatic carbocycles. The number of pyridine rings is 1. The molecule has 1 heterocycles. The molecule has 0 atom stereocenters. The van der Waals surface area contributed by atoms with Crippen LogP contribution in [0.25, 0.3) is 0 Å². The molecular formula is C29H32N2O3. The molecule has 3 rings (SSSR count). The Morgan fingerprint density at radius 2 is 1.82 bits per heavy atom. The molecule has 0 saturated heterocycles. The van der Waals surface area contributed by atoms with E-state index in [1.807, 2.05) is 69.3 Å². The molecule has 0 spiro atoms. The molecule has 176 valence electrons. The number of rotatable bonds is 9. The van der Waals surface area contributed by atoms with Crippen molar-refractivity contribution in [2.24, 2.45) is 0 Å². The predicted octanol–water partition coefficient (Wildman–Crippen LogP) is 6.24.